The number of aliphatic carboxylic acids is 1. The third-order valence-electron chi connectivity index (χ3n) is 5.03. The van der Waals surface area contributed by atoms with Gasteiger partial charge in [0.25, 0.3) is 5.91 Å². The lowest BCUT2D eigenvalue weighted by Crippen LogP contribution is -2.48. The van der Waals surface area contributed by atoms with Crippen molar-refractivity contribution in [1.29, 1.82) is 0 Å². The number of carbonyl (C=O) groups is 2. The molecular formula is C24H27N3O4. The molecule has 0 aliphatic heterocycles. The highest BCUT2D eigenvalue weighted by molar-refractivity contribution is 5.93. The van der Waals surface area contributed by atoms with Crippen LogP contribution >= 0.6 is 0 Å². The van der Waals surface area contributed by atoms with Gasteiger partial charge in [-0.25, -0.2) is 4.79 Å². The number of rotatable bonds is 10. The topological polar surface area (TPSA) is 104 Å². The highest BCUT2D eigenvalue weighted by atomic mass is 16.4. The van der Waals surface area contributed by atoms with E-state index in [1.165, 1.54) is 0 Å². The first-order chi connectivity index (χ1) is 15.0. The summed E-state index contributed by atoms with van der Waals surface area (Å²) >= 11 is 0. The Hall–Kier alpha value is -3.45. The van der Waals surface area contributed by atoms with Crippen molar-refractivity contribution in [2.24, 2.45) is 0 Å². The third kappa shape index (κ3) is 6.02. The molecule has 7 nitrogen and oxygen atoms in total. The molecule has 2 aromatic carbocycles. The molecule has 3 N–H and O–H groups in total. The molecule has 0 unspecified atom stereocenters. The van der Waals surface area contributed by atoms with E-state index in [0.29, 0.717) is 6.54 Å². The van der Waals surface area contributed by atoms with Crippen LogP contribution in [0.5, 0.6) is 0 Å². The van der Waals surface area contributed by atoms with Gasteiger partial charge in [-0.1, -0.05) is 74.0 Å². The molecule has 162 valence electrons. The molecule has 0 spiro atoms. The summed E-state index contributed by atoms with van der Waals surface area (Å²) in [5.74, 6) is -1.90. The van der Waals surface area contributed by atoms with Crippen LogP contribution in [-0.4, -0.2) is 44.0 Å². The van der Waals surface area contributed by atoms with Crippen molar-refractivity contribution in [2.45, 2.75) is 44.9 Å². The standard InChI is InChI=1S/C24H27N3O4/c1-2-9-19-15-21(26-27(19)16-18-12-7-4-8-13-18)23(29)25-20(22(28)24(30)31)14-17-10-5-3-6-11-17/h3-8,10-13,15,20,22,28H,2,9,14,16H2,1H3,(H,25,29)(H,30,31)/t20-,22-/m1/s1. The number of nitrogens with zero attached hydrogens (tertiary/aromatic N) is 2. The Kier molecular flexibility index (Phi) is 7.56. The minimum atomic E-state index is -1.73. The monoisotopic (exact) mass is 421 g/mol. The number of hydrogen-bond acceptors (Lipinski definition) is 4. The van der Waals surface area contributed by atoms with E-state index in [1.807, 2.05) is 60.7 Å². The van der Waals surface area contributed by atoms with Crippen LogP contribution in [0, 0.1) is 0 Å². The zero-order chi connectivity index (χ0) is 22.2. The van der Waals surface area contributed by atoms with E-state index >= 15 is 0 Å². The van der Waals surface area contributed by atoms with Gasteiger partial charge in [-0.05, 0) is 30.0 Å². The molecule has 0 saturated carbocycles. The highest BCUT2D eigenvalue weighted by Gasteiger charge is 2.28. The minimum absolute atomic E-state index is 0.187. The molecule has 0 saturated heterocycles. The smallest absolute Gasteiger partial charge is 0.334 e. The maximum atomic E-state index is 12.9. The fourth-order valence-electron chi connectivity index (χ4n) is 3.44. The van der Waals surface area contributed by atoms with E-state index < -0.39 is 24.0 Å². The predicted molar refractivity (Wildman–Crippen MR) is 117 cm³/mol. The number of aliphatic hydroxyl groups excluding tert-OH is 1. The number of hydrogen-bond donors (Lipinski definition) is 3. The summed E-state index contributed by atoms with van der Waals surface area (Å²) in [6, 6.07) is 19.7. The molecule has 0 aliphatic rings. The number of benzene rings is 2. The molecule has 1 aromatic heterocycles. The molecule has 3 rings (SSSR count). The maximum absolute atomic E-state index is 12.9. The van der Waals surface area contributed by atoms with Gasteiger partial charge >= 0.3 is 5.97 Å². The molecule has 0 fully saturated rings. The summed E-state index contributed by atoms with van der Waals surface area (Å²) in [6.45, 7) is 2.59. The first kappa shape index (κ1) is 22.2. The van der Waals surface area contributed by atoms with Gasteiger partial charge in [0.05, 0.1) is 12.6 Å². The summed E-state index contributed by atoms with van der Waals surface area (Å²) in [4.78, 5) is 24.3. The molecular weight excluding hydrogens is 394 g/mol. The van der Waals surface area contributed by atoms with Crippen LogP contribution in [0.3, 0.4) is 0 Å². The van der Waals surface area contributed by atoms with Crippen LogP contribution in [-0.2, 0) is 24.2 Å². The molecule has 1 heterocycles. The Bertz CT molecular complexity index is 1000. The van der Waals surface area contributed by atoms with Gasteiger partial charge in [0.1, 0.15) is 5.69 Å². The summed E-state index contributed by atoms with van der Waals surface area (Å²) in [5, 5.41) is 26.5. The zero-order valence-electron chi connectivity index (χ0n) is 17.4. The number of aliphatic hydroxyl groups is 1. The predicted octanol–water partition coefficient (Wildman–Crippen LogP) is 2.67. The van der Waals surface area contributed by atoms with E-state index in [0.717, 1.165) is 29.7 Å². The van der Waals surface area contributed by atoms with E-state index in [4.69, 9.17) is 0 Å². The minimum Gasteiger partial charge on any atom is -0.479 e. The Morgan fingerprint density at radius 3 is 2.23 bits per heavy atom. The van der Waals surface area contributed by atoms with Gasteiger partial charge in [0.15, 0.2) is 6.10 Å². The number of carboxylic acids is 1. The number of aromatic nitrogens is 2. The van der Waals surface area contributed by atoms with Crippen molar-refractivity contribution in [1.82, 2.24) is 15.1 Å². The molecule has 0 bridgehead atoms. The van der Waals surface area contributed by atoms with Gasteiger partial charge in [-0.3, -0.25) is 9.48 Å². The van der Waals surface area contributed by atoms with E-state index in [2.05, 4.69) is 17.3 Å². The molecule has 0 aliphatic carbocycles. The number of nitrogens with one attached hydrogen (secondary N) is 1. The molecule has 31 heavy (non-hydrogen) atoms. The second-order valence-corrected chi connectivity index (χ2v) is 7.47. The maximum Gasteiger partial charge on any atom is 0.334 e. The van der Waals surface area contributed by atoms with Crippen molar-refractivity contribution in [3.05, 3.63) is 89.2 Å². The second-order valence-electron chi connectivity index (χ2n) is 7.47. The Morgan fingerprint density at radius 1 is 1.03 bits per heavy atom. The average Bonchev–Trinajstić information content (AvgIpc) is 3.17. The van der Waals surface area contributed by atoms with Crippen molar-refractivity contribution >= 4 is 11.9 Å². The third-order valence-corrected chi connectivity index (χ3v) is 5.03. The number of aryl methyl sites for hydroxylation is 1. The van der Waals surface area contributed by atoms with Gasteiger partial charge in [-0.2, -0.15) is 5.10 Å². The lowest BCUT2D eigenvalue weighted by atomic mass is 10.0. The van der Waals surface area contributed by atoms with E-state index in [9.17, 15) is 19.8 Å². The number of carbonyl (C=O) groups excluding carboxylic acids is 1. The average molecular weight is 421 g/mol. The van der Waals surface area contributed by atoms with Crippen LogP contribution in [0.25, 0.3) is 0 Å². The van der Waals surface area contributed by atoms with Crippen LogP contribution in [0.15, 0.2) is 66.7 Å². The van der Waals surface area contributed by atoms with Crippen molar-refractivity contribution in [3.63, 3.8) is 0 Å². The summed E-state index contributed by atoms with van der Waals surface area (Å²) < 4.78 is 1.80. The highest BCUT2D eigenvalue weighted by Crippen LogP contribution is 2.13. The molecule has 3 aromatic rings. The van der Waals surface area contributed by atoms with Gasteiger partial charge in [0.2, 0.25) is 0 Å². The summed E-state index contributed by atoms with van der Waals surface area (Å²) in [7, 11) is 0. The molecule has 7 heteroatoms. The van der Waals surface area contributed by atoms with Crippen molar-refractivity contribution in [2.75, 3.05) is 0 Å². The first-order valence-corrected chi connectivity index (χ1v) is 10.3. The summed E-state index contributed by atoms with van der Waals surface area (Å²) in [6.07, 6.45) is 0.117. The van der Waals surface area contributed by atoms with Crippen LogP contribution in [0.1, 0.15) is 40.7 Å². The lowest BCUT2D eigenvalue weighted by Gasteiger charge is -2.21. The lowest BCUT2D eigenvalue weighted by molar-refractivity contribution is -0.148. The quantitative estimate of drug-likeness (QED) is 0.467. The van der Waals surface area contributed by atoms with Gasteiger partial charge in [0, 0.05) is 5.69 Å². The first-order valence-electron chi connectivity index (χ1n) is 10.3. The van der Waals surface area contributed by atoms with Crippen molar-refractivity contribution < 1.29 is 19.8 Å². The summed E-state index contributed by atoms with van der Waals surface area (Å²) in [5.41, 5.74) is 3.01. The molecule has 2 atom stereocenters. The fraction of sp³-hybridized carbons (Fsp3) is 0.292. The Morgan fingerprint density at radius 2 is 1.65 bits per heavy atom. The van der Waals surface area contributed by atoms with Crippen LogP contribution in [0.4, 0.5) is 0 Å². The zero-order valence-corrected chi connectivity index (χ0v) is 17.4. The van der Waals surface area contributed by atoms with Gasteiger partial charge in [-0.15, -0.1) is 0 Å². The fourth-order valence-corrected chi connectivity index (χ4v) is 3.44. The molecule has 0 radical (unpaired) electrons. The number of carboxylic acid groups (broad SMARTS) is 1. The van der Waals surface area contributed by atoms with Crippen LogP contribution in [0.2, 0.25) is 0 Å². The SMILES string of the molecule is CCCc1cc(C(=O)N[C@H](Cc2ccccc2)[C@@H](O)C(=O)O)nn1Cc1ccccc1. The Labute approximate surface area is 181 Å². The molecule has 1 amide bonds. The van der Waals surface area contributed by atoms with Gasteiger partial charge < -0.3 is 15.5 Å². The van der Waals surface area contributed by atoms with Crippen molar-refractivity contribution in [3.8, 4) is 0 Å². The normalized spacial score (nSPS) is 12.8. The van der Waals surface area contributed by atoms with E-state index in [1.54, 1.807) is 10.7 Å². The number of amides is 1. The van der Waals surface area contributed by atoms with Crippen LogP contribution < -0.4 is 5.32 Å². The second kappa shape index (κ2) is 10.5. The van der Waals surface area contributed by atoms with E-state index in [-0.39, 0.29) is 12.1 Å². The Balaban J connectivity index is 1.80. The largest absolute Gasteiger partial charge is 0.479 e.